The van der Waals surface area contributed by atoms with Gasteiger partial charge in [0.1, 0.15) is 6.04 Å². The van der Waals surface area contributed by atoms with Crippen molar-refractivity contribution in [2.75, 3.05) is 33.2 Å². The summed E-state index contributed by atoms with van der Waals surface area (Å²) in [6, 6.07) is 6.53. The van der Waals surface area contributed by atoms with Gasteiger partial charge >= 0.3 is 0 Å². The second-order valence-electron chi connectivity index (χ2n) is 6.65. The van der Waals surface area contributed by atoms with Crippen molar-refractivity contribution in [2.45, 2.75) is 12.5 Å². The van der Waals surface area contributed by atoms with Crippen LogP contribution in [0.1, 0.15) is 28.4 Å². The number of likely N-dealkylation sites (N-methyl/N-ethyl adjacent to an activating group) is 1. The van der Waals surface area contributed by atoms with E-state index in [-0.39, 0.29) is 24.2 Å². The molecule has 0 bridgehead atoms. The number of nitrogens with one attached hydrogen (secondary N) is 1. The fraction of sp³-hybridized carbons (Fsp3) is 0.421. The quantitative estimate of drug-likeness (QED) is 0.814. The Morgan fingerprint density at radius 2 is 1.89 bits per heavy atom. The third kappa shape index (κ3) is 5.04. The molecule has 1 aromatic heterocycles. The number of benzene rings is 1. The van der Waals surface area contributed by atoms with Gasteiger partial charge in [-0.1, -0.05) is 17.7 Å². The molecule has 1 aliphatic heterocycles. The molecule has 3 rings (SSSR count). The van der Waals surface area contributed by atoms with E-state index >= 15 is 0 Å². The smallest absolute Gasteiger partial charge is 0.253 e. The molecule has 1 saturated heterocycles. The van der Waals surface area contributed by atoms with Gasteiger partial charge in [-0.15, -0.1) is 12.4 Å². The van der Waals surface area contributed by atoms with Gasteiger partial charge in [0.25, 0.3) is 5.91 Å². The van der Waals surface area contributed by atoms with E-state index in [0.29, 0.717) is 36.8 Å². The van der Waals surface area contributed by atoms with Gasteiger partial charge in [0.2, 0.25) is 5.91 Å². The molecule has 0 spiro atoms. The lowest BCUT2D eigenvalue weighted by Crippen LogP contribution is -2.42. The van der Waals surface area contributed by atoms with E-state index in [4.69, 9.17) is 11.6 Å². The zero-order valence-corrected chi connectivity index (χ0v) is 17.5. The van der Waals surface area contributed by atoms with E-state index in [1.807, 2.05) is 18.1 Å². The van der Waals surface area contributed by atoms with Crippen molar-refractivity contribution in [3.8, 4) is 0 Å². The standard InChI is InChI=1S/C19H24ClN5O2.ClH/c1-21-17(15-12-22-23(2)13-15)19(27)25-8-4-7-24(9-10-25)18(26)14-5-3-6-16(20)11-14;/h3,5-6,11-13,17,21H,4,7-10H2,1-2H3;1H. The number of aryl methyl sites for hydroxylation is 1. The zero-order chi connectivity index (χ0) is 19.4. The highest BCUT2D eigenvalue weighted by Crippen LogP contribution is 2.18. The summed E-state index contributed by atoms with van der Waals surface area (Å²) < 4.78 is 1.68. The van der Waals surface area contributed by atoms with Crippen molar-refractivity contribution < 1.29 is 9.59 Å². The first kappa shape index (κ1) is 22.2. The number of amides is 2. The van der Waals surface area contributed by atoms with Crippen LogP contribution in [0, 0.1) is 0 Å². The van der Waals surface area contributed by atoms with Crippen LogP contribution in [0.5, 0.6) is 0 Å². The fourth-order valence-corrected chi connectivity index (χ4v) is 3.54. The largest absolute Gasteiger partial charge is 0.339 e. The van der Waals surface area contributed by atoms with E-state index in [2.05, 4.69) is 10.4 Å². The Balaban J connectivity index is 0.00000280. The first-order chi connectivity index (χ1) is 13.0. The first-order valence-electron chi connectivity index (χ1n) is 8.99. The average molecular weight is 426 g/mol. The summed E-state index contributed by atoms with van der Waals surface area (Å²) in [5.41, 5.74) is 1.41. The molecule has 1 unspecified atom stereocenters. The molecule has 1 fully saturated rings. The van der Waals surface area contributed by atoms with E-state index in [1.54, 1.807) is 47.1 Å². The second-order valence-corrected chi connectivity index (χ2v) is 7.09. The maximum Gasteiger partial charge on any atom is 0.253 e. The van der Waals surface area contributed by atoms with E-state index in [0.717, 1.165) is 12.0 Å². The fourth-order valence-electron chi connectivity index (χ4n) is 3.35. The van der Waals surface area contributed by atoms with Gasteiger partial charge in [0.05, 0.1) is 6.20 Å². The minimum Gasteiger partial charge on any atom is -0.339 e. The highest BCUT2D eigenvalue weighted by molar-refractivity contribution is 6.30. The van der Waals surface area contributed by atoms with Crippen molar-refractivity contribution in [1.29, 1.82) is 0 Å². The SMILES string of the molecule is CNC(C(=O)N1CCCN(C(=O)c2cccc(Cl)c2)CC1)c1cnn(C)c1.Cl. The third-order valence-electron chi connectivity index (χ3n) is 4.76. The van der Waals surface area contributed by atoms with Gasteiger partial charge in [-0.2, -0.15) is 5.10 Å². The van der Waals surface area contributed by atoms with Crippen molar-refractivity contribution in [1.82, 2.24) is 24.9 Å². The number of carbonyl (C=O) groups excluding carboxylic acids is 2. The molecular weight excluding hydrogens is 401 g/mol. The summed E-state index contributed by atoms with van der Waals surface area (Å²) in [4.78, 5) is 29.3. The molecule has 7 nitrogen and oxygen atoms in total. The number of aromatic nitrogens is 2. The maximum absolute atomic E-state index is 13.0. The van der Waals surface area contributed by atoms with Gasteiger partial charge in [0.15, 0.2) is 0 Å². The van der Waals surface area contributed by atoms with Crippen LogP contribution >= 0.6 is 24.0 Å². The summed E-state index contributed by atoms with van der Waals surface area (Å²) in [6.45, 7) is 2.24. The molecular formula is C19H25Cl2N5O2. The monoisotopic (exact) mass is 425 g/mol. The summed E-state index contributed by atoms with van der Waals surface area (Å²) in [5, 5.41) is 7.77. The lowest BCUT2D eigenvalue weighted by Gasteiger charge is -2.26. The maximum atomic E-state index is 13.0. The van der Waals surface area contributed by atoms with Crippen LogP contribution in [0.3, 0.4) is 0 Å². The number of nitrogens with zero attached hydrogens (tertiary/aromatic N) is 4. The molecule has 0 saturated carbocycles. The molecule has 2 amide bonds. The van der Waals surface area contributed by atoms with Crippen molar-refractivity contribution >= 4 is 35.8 Å². The molecule has 9 heteroatoms. The number of hydrogen-bond acceptors (Lipinski definition) is 4. The highest BCUT2D eigenvalue weighted by Gasteiger charge is 2.28. The van der Waals surface area contributed by atoms with Crippen LogP contribution in [0.2, 0.25) is 5.02 Å². The van der Waals surface area contributed by atoms with Crippen LogP contribution in [0.25, 0.3) is 0 Å². The summed E-state index contributed by atoms with van der Waals surface area (Å²) in [7, 11) is 3.59. The Bertz CT molecular complexity index is 826. The molecule has 1 aliphatic rings. The summed E-state index contributed by atoms with van der Waals surface area (Å²) in [5.74, 6) is -0.0493. The highest BCUT2D eigenvalue weighted by atomic mass is 35.5. The topological polar surface area (TPSA) is 70.5 Å². The Morgan fingerprint density at radius 3 is 2.54 bits per heavy atom. The van der Waals surface area contributed by atoms with Crippen LogP contribution < -0.4 is 5.32 Å². The van der Waals surface area contributed by atoms with Crippen molar-refractivity contribution in [3.63, 3.8) is 0 Å². The van der Waals surface area contributed by atoms with Gasteiger partial charge < -0.3 is 15.1 Å². The third-order valence-corrected chi connectivity index (χ3v) is 5.00. The predicted octanol–water partition coefficient (Wildman–Crippen LogP) is 2.13. The Labute approximate surface area is 176 Å². The Kier molecular flexibility index (Phi) is 7.86. The number of hydrogen-bond donors (Lipinski definition) is 1. The predicted molar refractivity (Wildman–Crippen MR) is 111 cm³/mol. The molecule has 152 valence electrons. The normalized spacial score (nSPS) is 15.5. The lowest BCUT2D eigenvalue weighted by atomic mass is 10.1. The zero-order valence-electron chi connectivity index (χ0n) is 16.0. The van der Waals surface area contributed by atoms with Crippen LogP contribution in [0.4, 0.5) is 0 Å². The van der Waals surface area contributed by atoms with Gasteiger partial charge in [-0.05, 0) is 31.7 Å². The van der Waals surface area contributed by atoms with Crippen molar-refractivity contribution in [3.05, 3.63) is 52.8 Å². The molecule has 28 heavy (non-hydrogen) atoms. The summed E-state index contributed by atoms with van der Waals surface area (Å²) >= 11 is 6.00. The molecule has 1 N–H and O–H groups in total. The van der Waals surface area contributed by atoms with Crippen LogP contribution in [0.15, 0.2) is 36.7 Å². The van der Waals surface area contributed by atoms with Gasteiger partial charge in [-0.25, -0.2) is 0 Å². The minimum absolute atomic E-state index is 0. The van der Waals surface area contributed by atoms with Crippen LogP contribution in [-0.2, 0) is 11.8 Å². The lowest BCUT2D eigenvalue weighted by molar-refractivity contribution is -0.133. The number of halogens is 2. The average Bonchev–Trinajstić information content (AvgIpc) is 2.93. The van der Waals surface area contributed by atoms with Gasteiger partial charge in [-0.3, -0.25) is 14.3 Å². The molecule has 1 aromatic carbocycles. The molecule has 0 aliphatic carbocycles. The Morgan fingerprint density at radius 1 is 1.18 bits per heavy atom. The second kappa shape index (κ2) is 9.91. The Hall–Kier alpha value is -2.09. The van der Waals surface area contributed by atoms with Crippen molar-refractivity contribution in [2.24, 2.45) is 7.05 Å². The van der Waals surface area contributed by atoms with Gasteiger partial charge in [0, 0.05) is 55.6 Å². The minimum atomic E-state index is -0.436. The number of carbonyl (C=O) groups is 2. The van der Waals surface area contributed by atoms with E-state index in [1.165, 1.54) is 0 Å². The molecule has 1 atom stereocenters. The molecule has 0 radical (unpaired) electrons. The van der Waals surface area contributed by atoms with E-state index < -0.39 is 6.04 Å². The number of rotatable bonds is 4. The molecule has 2 aromatic rings. The first-order valence-corrected chi connectivity index (χ1v) is 9.37. The summed E-state index contributed by atoms with van der Waals surface area (Å²) in [6.07, 6.45) is 4.28. The van der Waals surface area contributed by atoms with E-state index in [9.17, 15) is 9.59 Å². The molecule has 2 heterocycles. The van der Waals surface area contributed by atoms with Crippen LogP contribution in [-0.4, -0.2) is 64.6 Å².